The van der Waals surface area contributed by atoms with Gasteiger partial charge in [-0.3, -0.25) is 0 Å². The Morgan fingerprint density at radius 2 is 1.75 bits per heavy atom. The molecule has 144 valence electrons. The van der Waals surface area contributed by atoms with Crippen LogP contribution in [0, 0.1) is 0 Å². The Morgan fingerprint density at radius 1 is 1.04 bits per heavy atom. The molecule has 28 heavy (non-hydrogen) atoms. The number of nitrogens with zero attached hydrogens (tertiary/aromatic N) is 3. The van der Waals surface area contributed by atoms with Gasteiger partial charge in [0.25, 0.3) is 0 Å². The number of rotatable bonds is 4. The molecular formula is C18H11Cl4N3O3. The Hall–Kier alpha value is -1.99. The summed E-state index contributed by atoms with van der Waals surface area (Å²) in [5.41, 5.74) is -0.344. The summed E-state index contributed by atoms with van der Waals surface area (Å²) in [6.45, 7) is 0.0870. The normalized spacial score (nSPS) is 21.4. The van der Waals surface area contributed by atoms with Crippen molar-refractivity contribution in [3.63, 3.8) is 0 Å². The summed E-state index contributed by atoms with van der Waals surface area (Å²) in [6, 6.07) is 9.79. The van der Waals surface area contributed by atoms with Crippen LogP contribution in [-0.2, 0) is 21.6 Å². The second kappa shape index (κ2) is 7.44. The molecule has 0 spiro atoms. The third-order valence-corrected chi connectivity index (χ3v) is 5.51. The van der Waals surface area contributed by atoms with Gasteiger partial charge in [-0.2, -0.15) is 5.10 Å². The summed E-state index contributed by atoms with van der Waals surface area (Å²) in [4.78, 5) is 16.2. The van der Waals surface area contributed by atoms with Gasteiger partial charge in [-0.15, -0.1) is 0 Å². The minimum Gasteiger partial charge on any atom is -0.421 e. The fourth-order valence-electron chi connectivity index (χ4n) is 3.23. The first-order chi connectivity index (χ1) is 13.4. The van der Waals surface area contributed by atoms with E-state index in [0.717, 1.165) is 0 Å². The number of aromatic nitrogens is 3. The zero-order valence-corrected chi connectivity index (χ0v) is 17.0. The first-order valence-electron chi connectivity index (χ1n) is 8.01. The third kappa shape index (κ3) is 3.42. The van der Waals surface area contributed by atoms with Crippen molar-refractivity contribution in [3.8, 4) is 0 Å². The van der Waals surface area contributed by atoms with E-state index in [1.807, 2.05) is 0 Å². The second-order valence-electron chi connectivity index (χ2n) is 6.12. The van der Waals surface area contributed by atoms with E-state index in [2.05, 4.69) is 10.1 Å². The molecule has 1 aromatic heterocycles. The molecule has 2 aromatic carbocycles. The molecule has 0 aliphatic carbocycles. The quantitative estimate of drug-likeness (QED) is 0.469. The number of hydrogen-bond donors (Lipinski definition) is 0. The highest BCUT2D eigenvalue weighted by molar-refractivity contribution is 6.35. The largest absolute Gasteiger partial charge is 0.510 e. The minimum atomic E-state index is -1.36. The summed E-state index contributed by atoms with van der Waals surface area (Å²) in [5.74, 6) is 0. The topological polar surface area (TPSA) is 66.2 Å². The summed E-state index contributed by atoms with van der Waals surface area (Å²) in [5, 5.41) is 5.64. The fraction of sp³-hybridized carbons (Fsp3) is 0.167. The Morgan fingerprint density at radius 3 is 2.39 bits per heavy atom. The smallest absolute Gasteiger partial charge is 0.421 e. The van der Waals surface area contributed by atoms with Gasteiger partial charge in [0.1, 0.15) is 12.7 Å². The molecule has 0 bridgehead atoms. The third-order valence-electron chi connectivity index (χ3n) is 4.40. The van der Waals surface area contributed by atoms with E-state index < -0.39 is 17.9 Å². The molecule has 1 fully saturated rings. The van der Waals surface area contributed by atoms with E-state index in [1.54, 1.807) is 36.4 Å². The van der Waals surface area contributed by atoms with Crippen molar-refractivity contribution >= 4 is 52.6 Å². The second-order valence-corrected chi connectivity index (χ2v) is 7.81. The highest BCUT2D eigenvalue weighted by Gasteiger charge is 2.55. The average molecular weight is 459 g/mol. The number of benzene rings is 2. The molecule has 1 aliphatic heterocycles. The van der Waals surface area contributed by atoms with Crippen molar-refractivity contribution in [1.82, 2.24) is 14.8 Å². The summed E-state index contributed by atoms with van der Waals surface area (Å²) in [6.07, 6.45) is 1.10. The number of halogens is 4. The predicted octanol–water partition coefficient (Wildman–Crippen LogP) is 5.70. The number of hydrogen-bond acceptors (Lipinski definition) is 5. The van der Waals surface area contributed by atoms with Crippen LogP contribution in [0.4, 0.5) is 4.79 Å². The Kier molecular flexibility index (Phi) is 5.14. The van der Waals surface area contributed by atoms with Gasteiger partial charge in [-0.25, -0.2) is 14.5 Å². The van der Waals surface area contributed by atoms with Crippen LogP contribution in [0.25, 0.3) is 0 Å². The molecule has 1 aliphatic rings. The molecule has 10 heteroatoms. The SMILES string of the molecule is O=C1O[C@H](c2ccc(Cl)cc2Cl)[C@@](Cn2cncn2)(c2ccc(Cl)cc2Cl)O1. The van der Waals surface area contributed by atoms with Gasteiger partial charge in [-0.05, 0) is 24.3 Å². The standard InChI is InChI=1S/C18H11Cl4N3O3/c19-10-1-3-12(14(21)5-10)16-18(28-17(26)27-16,7-25-9-23-8-24-25)13-4-2-11(20)6-15(13)22/h1-6,8-9,16H,7H2/t16-,18-/m1/s1. The number of cyclic esters (lactones) is 2. The lowest BCUT2D eigenvalue weighted by Gasteiger charge is -2.32. The van der Waals surface area contributed by atoms with E-state index in [1.165, 1.54) is 17.3 Å². The van der Waals surface area contributed by atoms with Crippen LogP contribution in [0.1, 0.15) is 17.2 Å². The van der Waals surface area contributed by atoms with Gasteiger partial charge in [0.2, 0.25) is 5.60 Å². The lowest BCUT2D eigenvalue weighted by atomic mass is 9.84. The minimum absolute atomic E-state index is 0.0870. The summed E-state index contributed by atoms with van der Waals surface area (Å²) in [7, 11) is 0. The Bertz CT molecular complexity index is 1040. The van der Waals surface area contributed by atoms with Gasteiger partial charge in [0, 0.05) is 31.2 Å². The molecule has 0 saturated carbocycles. The molecule has 0 radical (unpaired) electrons. The molecule has 3 aromatic rings. The lowest BCUT2D eigenvalue weighted by molar-refractivity contribution is 0.00367. The lowest BCUT2D eigenvalue weighted by Crippen LogP contribution is -2.37. The van der Waals surface area contributed by atoms with Crippen LogP contribution in [0.2, 0.25) is 20.1 Å². The maximum absolute atomic E-state index is 12.3. The first-order valence-corrected chi connectivity index (χ1v) is 9.53. The van der Waals surface area contributed by atoms with Crippen LogP contribution in [0.5, 0.6) is 0 Å². The molecule has 1 saturated heterocycles. The highest BCUT2D eigenvalue weighted by atomic mass is 35.5. The van der Waals surface area contributed by atoms with Crippen LogP contribution in [0.15, 0.2) is 49.1 Å². The number of carbonyl (C=O) groups is 1. The maximum atomic E-state index is 12.3. The number of ether oxygens (including phenoxy) is 2. The van der Waals surface area contributed by atoms with Crippen molar-refractivity contribution < 1.29 is 14.3 Å². The van der Waals surface area contributed by atoms with Crippen LogP contribution in [0.3, 0.4) is 0 Å². The first kappa shape index (κ1) is 19.3. The van der Waals surface area contributed by atoms with Gasteiger partial charge >= 0.3 is 6.16 Å². The van der Waals surface area contributed by atoms with Crippen LogP contribution in [-0.4, -0.2) is 20.9 Å². The van der Waals surface area contributed by atoms with Crippen molar-refractivity contribution in [3.05, 3.63) is 80.3 Å². The van der Waals surface area contributed by atoms with Crippen molar-refractivity contribution in [1.29, 1.82) is 0 Å². The molecule has 4 rings (SSSR count). The molecule has 2 heterocycles. The van der Waals surface area contributed by atoms with Gasteiger partial charge in [0.15, 0.2) is 6.10 Å². The predicted molar refractivity (Wildman–Crippen MR) is 105 cm³/mol. The molecule has 2 atom stereocenters. The zero-order valence-electron chi connectivity index (χ0n) is 14.0. The maximum Gasteiger partial charge on any atom is 0.510 e. The van der Waals surface area contributed by atoms with Crippen LogP contribution >= 0.6 is 46.4 Å². The fourth-order valence-corrected chi connectivity index (χ4v) is 4.31. The highest BCUT2D eigenvalue weighted by Crippen LogP contribution is 2.51. The van der Waals surface area contributed by atoms with Crippen molar-refractivity contribution in [2.45, 2.75) is 18.2 Å². The van der Waals surface area contributed by atoms with Crippen molar-refractivity contribution in [2.24, 2.45) is 0 Å². The average Bonchev–Trinajstić information content (AvgIpc) is 3.23. The summed E-state index contributed by atoms with van der Waals surface area (Å²) < 4.78 is 12.8. The monoisotopic (exact) mass is 457 g/mol. The molecule has 0 amide bonds. The van der Waals surface area contributed by atoms with E-state index in [4.69, 9.17) is 55.9 Å². The Balaban J connectivity index is 1.93. The van der Waals surface area contributed by atoms with Crippen molar-refractivity contribution in [2.75, 3.05) is 0 Å². The molecular weight excluding hydrogens is 448 g/mol. The van der Waals surface area contributed by atoms with E-state index >= 15 is 0 Å². The van der Waals surface area contributed by atoms with Crippen LogP contribution < -0.4 is 0 Å². The Labute approximate surface area is 179 Å². The van der Waals surface area contributed by atoms with Gasteiger partial charge in [-0.1, -0.05) is 58.5 Å². The molecule has 6 nitrogen and oxygen atoms in total. The zero-order chi connectivity index (χ0) is 19.9. The van der Waals surface area contributed by atoms with E-state index in [9.17, 15) is 4.79 Å². The van der Waals surface area contributed by atoms with Gasteiger partial charge < -0.3 is 9.47 Å². The number of carbonyl (C=O) groups excluding carboxylic acids is 1. The molecule has 0 N–H and O–H groups in total. The summed E-state index contributed by atoms with van der Waals surface area (Å²) >= 11 is 24.9. The van der Waals surface area contributed by atoms with Gasteiger partial charge in [0.05, 0.1) is 6.54 Å². The van der Waals surface area contributed by atoms with E-state index in [0.29, 0.717) is 31.2 Å². The molecule has 0 unspecified atom stereocenters. The van der Waals surface area contributed by atoms with E-state index in [-0.39, 0.29) is 6.54 Å².